The summed E-state index contributed by atoms with van der Waals surface area (Å²) in [7, 11) is 0. The highest BCUT2D eigenvalue weighted by atomic mass is 14.9. The molecule has 0 aliphatic rings. The van der Waals surface area contributed by atoms with Crippen LogP contribution in [0, 0.1) is 6.92 Å². The van der Waals surface area contributed by atoms with Crippen LogP contribution in [0.5, 0.6) is 0 Å². The van der Waals surface area contributed by atoms with Crippen LogP contribution < -0.4 is 5.32 Å². The van der Waals surface area contributed by atoms with E-state index in [1.165, 1.54) is 0 Å². The number of aromatic nitrogens is 2. The highest BCUT2D eigenvalue weighted by molar-refractivity contribution is 5.59. The van der Waals surface area contributed by atoms with E-state index in [9.17, 15) is 0 Å². The molecule has 0 amide bonds. The highest BCUT2D eigenvalue weighted by Crippen LogP contribution is 2.17. The molecule has 0 spiro atoms. The predicted octanol–water partition coefficient (Wildman–Crippen LogP) is 3.27. The van der Waals surface area contributed by atoms with Crippen LogP contribution in [0.1, 0.15) is 18.9 Å². The van der Waals surface area contributed by atoms with Crippen molar-refractivity contribution in [2.24, 2.45) is 0 Å². The first-order valence-electron chi connectivity index (χ1n) is 5.92. The Labute approximate surface area is 102 Å². The molecule has 0 saturated heterocycles. The Kier molecular flexibility index (Phi) is 3.70. The molecular formula is C14H17N3. The van der Waals surface area contributed by atoms with E-state index in [0.29, 0.717) is 0 Å². The van der Waals surface area contributed by atoms with Crippen LogP contribution in [0.25, 0.3) is 11.4 Å². The van der Waals surface area contributed by atoms with Crippen LogP contribution in [-0.4, -0.2) is 16.5 Å². The van der Waals surface area contributed by atoms with Gasteiger partial charge < -0.3 is 5.32 Å². The summed E-state index contributed by atoms with van der Waals surface area (Å²) >= 11 is 0. The zero-order valence-electron chi connectivity index (χ0n) is 10.3. The van der Waals surface area contributed by atoms with Crippen LogP contribution in [-0.2, 0) is 0 Å². The molecule has 0 radical (unpaired) electrons. The van der Waals surface area contributed by atoms with Gasteiger partial charge in [0.1, 0.15) is 0 Å². The summed E-state index contributed by atoms with van der Waals surface area (Å²) in [4.78, 5) is 8.62. The number of hydrogen-bond acceptors (Lipinski definition) is 3. The van der Waals surface area contributed by atoms with Crippen LogP contribution >= 0.6 is 0 Å². The molecule has 0 fully saturated rings. The minimum absolute atomic E-state index is 0.776. The van der Waals surface area contributed by atoms with Gasteiger partial charge in [0, 0.05) is 30.2 Å². The summed E-state index contributed by atoms with van der Waals surface area (Å²) in [5, 5.41) is 3.34. The van der Waals surface area contributed by atoms with Gasteiger partial charge in [-0.3, -0.25) is 0 Å². The number of rotatable bonds is 4. The Morgan fingerprint density at radius 2 is 1.71 bits per heavy atom. The molecule has 0 saturated carbocycles. The zero-order chi connectivity index (χ0) is 12.1. The van der Waals surface area contributed by atoms with E-state index in [4.69, 9.17) is 0 Å². The lowest BCUT2D eigenvalue weighted by Crippen LogP contribution is -1.99. The van der Waals surface area contributed by atoms with Gasteiger partial charge in [0.2, 0.25) is 0 Å². The Morgan fingerprint density at radius 1 is 1.06 bits per heavy atom. The van der Waals surface area contributed by atoms with Crippen LogP contribution in [0.15, 0.2) is 36.7 Å². The molecule has 3 nitrogen and oxygen atoms in total. The van der Waals surface area contributed by atoms with E-state index in [2.05, 4.69) is 34.3 Å². The number of hydrogen-bond donors (Lipinski definition) is 1. The summed E-state index contributed by atoms with van der Waals surface area (Å²) in [6, 6.07) is 8.22. The van der Waals surface area contributed by atoms with Gasteiger partial charge in [-0.05, 0) is 43.2 Å². The van der Waals surface area contributed by atoms with E-state index in [1.807, 2.05) is 31.5 Å². The standard InChI is InChI=1S/C14H17N3/c1-3-8-15-13-6-4-12(5-7-13)14-16-9-11(2)10-17-14/h4-7,9-10,15H,3,8H2,1-2H3. The van der Waals surface area contributed by atoms with E-state index < -0.39 is 0 Å². The largest absolute Gasteiger partial charge is 0.385 e. The molecule has 0 aliphatic carbocycles. The van der Waals surface area contributed by atoms with Gasteiger partial charge in [0.15, 0.2) is 5.82 Å². The Balaban J connectivity index is 2.14. The van der Waals surface area contributed by atoms with E-state index >= 15 is 0 Å². The summed E-state index contributed by atoms with van der Waals surface area (Å²) in [5.41, 5.74) is 3.27. The second kappa shape index (κ2) is 5.43. The monoisotopic (exact) mass is 227 g/mol. The summed E-state index contributed by atoms with van der Waals surface area (Å²) in [5.74, 6) is 0.776. The molecule has 2 aromatic rings. The number of anilines is 1. The average Bonchev–Trinajstić information content (AvgIpc) is 2.38. The van der Waals surface area contributed by atoms with Gasteiger partial charge in [-0.15, -0.1) is 0 Å². The van der Waals surface area contributed by atoms with Crippen molar-refractivity contribution >= 4 is 5.69 Å². The average molecular weight is 227 g/mol. The molecule has 0 aliphatic heterocycles. The lowest BCUT2D eigenvalue weighted by Gasteiger charge is -2.05. The van der Waals surface area contributed by atoms with Gasteiger partial charge in [0.25, 0.3) is 0 Å². The van der Waals surface area contributed by atoms with Crippen LogP contribution in [0.2, 0.25) is 0 Å². The fourth-order valence-corrected chi connectivity index (χ4v) is 1.55. The normalized spacial score (nSPS) is 10.2. The van der Waals surface area contributed by atoms with Crippen molar-refractivity contribution in [3.8, 4) is 11.4 Å². The quantitative estimate of drug-likeness (QED) is 0.871. The molecule has 2 rings (SSSR count). The minimum atomic E-state index is 0.776. The molecule has 0 unspecified atom stereocenters. The highest BCUT2D eigenvalue weighted by Gasteiger charge is 2.00. The van der Waals surface area contributed by atoms with E-state index in [-0.39, 0.29) is 0 Å². The fraction of sp³-hybridized carbons (Fsp3) is 0.286. The lowest BCUT2D eigenvalue weighted by molar-refractivity contribution is 0.980. The van der Waals surface area contributed by atoms with E-state index in [1.54, 1.807) is 0 Å². The third-order valence-electron chi connectivity index (χ3n) is 2.50. The smallest absolute Gasteiger partial charge is 0.159 e. The Morgan fingerprint density at radius 3 is 2.29 bits per heavy atom. The second-order valence-corrected chi connectivity index (χ2v) is 4.09. The minimum Gasteiger partial charge on any atom is -0.385 e. The van der Waals surface area contributed by atoms with Crippen molar-refractivity contribution in [3.63, 3.8) is 0 Å². The molecule has 3 heteroatoms. The molecule has 0 atom stereocenters. The number of nitrogens with one attached hydrogen (secondary N) is 1. The van der Waals surface area contributed by atoms with Crippen molar-refractivity contribution in [1.82, 2.24) is 9.97 Å². The van der Waals surface area contributed by atoms with Crippen molar-refractivity contribution in [2.75, 3.05) is 11.9 Å². The number of aryl methyl sites for hydroxylation is 1. The molecule has 1 heterocycles. The molecule has 1 aromatic heterocycles. The Bertz CT molecular complexity index is 460. The molecule has 17 heavy (non-hydrogen) atoms. The molecule has 0 bridgehead atoms. The SMILES string of the molecule is CCCNc1ccc(-c2ncc(C)cn2)cc1. The molecular weight excluding hydrogens is 210 g/mol. The van der Waals surface area contributed by atoms with Gasteiger partial charge in [0.05, 0.1) is 0 Å². The van der Waals surface area contributed by atoms with Crippen LogP contribution in [0.4, 0.5) is 5.69 Å². The first-order valence-corrected chi connectivity index (χ1v) is 5.92. The summed E-state index contributed by atoms with van der Waals surface area (Å²) in [6.45, 7) is 5.14. The first kappa shape index (κ1) is 11.6. The van der Waals surface area contributed by atoms with Crippen molar-refractivity contribution in [3.05, 3.63) is 42.2 Å². The topological polar surface area (TPSA) is 37.8 Å². The fourth-order valence-electron chi connectivity index (χ4n) is 1.55. The van der Waals surface area contributed by atoms with Crippen molar-refractivity contribution in [2.45, 2.75) is 20.3 Å². The van der Waals surface area contributed by atoms with E-state index in [0.717, 1.165) is 35.6 Å². The molecule has 88 valence electrons. The lowest BCUT2D eigenvalue weighted by atomic mass is 10.2. The van der Waals surface area contributed by atoms with Gasteiger partial charge >= 0.3 is 0 Å². The van der Waals surface area contributed by atoms with Crippen molar-refractivity contribution < 1.29 is 0 Å². The third kappa shape index (κ3) is 3.03. The number of benzene rings is 1. The first-order chi connectivity index (χ1) is 8.29. The maximum atomic E-state index is 4.31. The van der Waals surface area contributed by atoms with Gasteiger partial charge in [-0.25, -0.2) is 9.97 Å². The summed E-state index contributed by atoms with van der Waals surface area (Å²) < 4.78 is 0. The molecule has 1 N–H and O–H groups in total. The molecule has 1 aromatic carbocycles. The van der Waals surface area contributed by atoms with Gasteiger partial charge in [-0.1, -0.05) is 6.92 Å². The Hall–Kier alpha value is -1.90. The zero-order valence-corrected chi connectivity index (χ0v) is 10.3. The predicted molar refractivity (Wildman–Crippen MR) is 71.0 cm³/mol. The van der Waals surface area contributed by atoms with Crippen molar-refractivity contribution in [1.29, 1.82) is 0 Å². The summed E-state index contributed by atoms with van der Waals surface area (Å²) in [6.07, 6.45) is 4.81. The number of nitrogens with zero attached hydrogens (tertiary/aromatic N) is 2. The second-order valence-electron chi connectivity index (χ2n) is 4.09. The van der Waals surface area contributed by atoms with Crippen LogP contribution in [0.3, 0.4) is 0 Å². The maximum absolute atomic E-state index is 4.31. The maximum Gasteiger partial charge on any atom is 0.159 e. The van der Waals surface area contributed by atoms with Gasteiger partial charge in [-0.2, -0.15) is 0 Å². The third-order valence-corrected chi connectivity index (χ3v) is 2.50.